The molecular formula is C12H17N3O2. The highest BCUT2D eigenvalue weighted by atomic mass is 16.3. The first kappa shape index (κ1) is 11.9. The summed E-state index contributed by atoms with van der Waals surface area (Å²) in [4.78, 5) is 17.7. The molecule has 0 aromatic carbocycles. The summed E-state index contributed by atoms with van der Waals surface area (Å²) in [5, 5.41) is 12.7. The lowest BCUT2D eigenvalue weighted by molar-refractivity contribution is 0.0784. The van der Waals surface area contributed by atoms with Gasteiger partial charge in [-0.2, -0.15) is 0 Å². The SMILES string of the molecule is CNCC1CCN(C(=O)c2ccncc2O)C1. The maximum atomic E-state index is 12.1. The van der Waals surface area contributed by atoms with Gasteiger partial charge in [0.2, 0.25) is 0 Å². The number of hydrogen-bond acceptors (Lipinski definition) is 4. The summed E-state index contributed by atoms with van der Waals surface area (Å²) in [6, 6.07) is 1.56. The molecule has 1 aliphatic heterocycles. The van der Waals surface area contributed by atoms with Gasteiger partial charge in [0.05, 0.1) is 11.8 Å². The zero-order chi connectivity index (χ0) is 12.3. The molecule has 5 nitrogen and oxygen atoms in total. The van der Waals surface area contributed by atoms with Crippen LogP contribution in [0.15, 0.2) is 18.5 Å². The van der Waals surface area contributed by atoms with Crippen molar-refractivity contribution in [1.82, 2.24) is 15.2 Å². The molecule has 1 aromatic heterocycles. The molecular weight excluding hydrogens is 218 g/mol. The van der Waals surface area contributed by atoms with Crippen LogP contribution in [0, 0.1) is 5.92 Å². The second kappa shape index (κ2) is 5.14. The monoisotopic (exact) mass is 235 g/mol. The van der Waals surface area contributed by atoms with Crippen LogP contribution in [0.1, 0.15) is 16.8 Å². The molecule has 92 valence electrons. The van der Waals surface area contributed by atoms with Crippen molar-refractivity contribution in [2.75, 3.05) is 26.7 Å². The quantitative estimate of drug-likeness (QED) is 0.799. The van der Waals surface area contributed by atoms with Crippen LogP contribution in [0.5, 0.6) is 5.75 Å². The van der Waals surface area contributed by atoms with E-state index in [1.807, 2.05) is 7.05 Å². The van der Waals surface area contributed by atoms with Crippen LogP contribution in [0.25, 0.3) is 0 Å². The minimum atomic E-state index is -0.108. The van der Waals surface area contributed by atoms with Crippen LogP contribution in [-0.2, 0) is 0 Å². The number of pyridine rings is 1. The molecule has 0 aliphatic carbocycles. The van der Waals surface area contributed by atoms with Crippen molar-refractivity contribution >= 4 is 5.91 Å². The van der Waals surface area contributed by atoms with E-state index in [0.717, 1.165) is 26.1 Å². The van der Waals surface area contributed by atoms with E-state index in [1.165, 1.54) is 12.4 Å². The van der Waals surface area contributed by atoms with Crippen molar-refractivity contribution in [3.63, 3.8) is 0 Å². The molecule has 2 rings (SSSR count). The summed E-state index contributed by atoms with van der Waals surface area (Å²) in [7, 11) is 1.92. The Labute approximate surface area is 100 Å². The Hall–Kier alpha value is -1.62. The zero-order valence-electron chi connectivity index (χ0n) is 9.89. The van der Waals surface area contributed by atoms with Gasteiger partial charge in [0, 0.05) is 19.3 Å². The minimum absolute atomic E-state index is 0.0467. The second-order valence-corrected chi connectivity index (χ2v) is 4.36. The van der Waals surface area contributed by atoms with Gasteiger partial charge in [0.1, 0.15) is 5.75 Å². The smallest absolute Gasteiger partial charge is 0.257 e. The van der Waals surface area contributed by atoms with E-state index in [-0.39, 0.29) is 11.7 Å². The highest BCUT2D eigenvalue weighted by Crippen LogP contribution is 2.21. The predicted octanol–water partition coefficient (Wildman–Crippen LogP) is 0.469. The van der Waals surface area contributed by atoms with Crippen LogP contribution >= 0.6 is 0 Å². The normalized spacial score (nSPS) is 19.6. The second-order valence-electron chi connectivity index (χ2n) is 4.36. The molecule has 2 heterocycles. The predicted molar refractivity (Wildman–Crippen MR) is 63.8 cm³/mol. The Morgan fingerprint density at radius 2 is 2.53 bits per heavy atom. The van der Waals surface area contributed by atoms with E-state index >= 15 is 0 Å². The summed E-state index contributed by atoms with van der Waals surface area (Å²) >= 11 is 0. The van der Waals surface area contributed by atoms with Gasteiger partial charge in [-0.3, -0.25) is 9.78 Å². The molecule has 1 unspecified atom stereocenters. The van der Waals surface area contributed by atoms with Crippen LogP contribution in [0.4, 0.5) is 0 Å². The fourth-order valence-electron chi connectivity index (χ4n) is 2.21. The summed E-state index contributed by atoms with van der Waals surface area (Å²) in [5.41, 5.74) is 0.338. The number of rotatable bonds is 3. The zero-order valence-corrected chi connectivity index (χ0v) is 9.89. The molecule has 1 amide bonds. The molecule has 0 saturated carbocycles. The van der Waals surface area contributed by atoms with E-state index in [4.69, 9.17) is 0 Å². The number of nitrogens with one attached hydrogen (secondary N) is 1. The van der Waals surface area contributed by atoms with Gasteiger partial charge in [-0.25, -0.2) is 0 Å². The number of likely N-dealkylation sites (tertiary alicyclic amines) is 1. The molecule has 2 N–H and O–H groups in total. The van der Waals surface area contributed by atoms with Crippen molar-refractivity contribution in [2.45, 2.75) is 6.42 Å². The maximum Gasteiger partial charge on any atom is 0.257 e. The van der Waals surface area contributed by atoms with Crippen molar-refractivity contribution < 1.29 is 9.90 Å². The maximum absolute atomic E-state index is 12.1. The van der Waals surface area contributed by atoms with Gasteiger partial charge in [0.15, 0.2) is 0 Å². The molecule has 1 aromatic rings. The van der Waals surface area contributed by atoms with Crippen LogP contribution < -0.4 is 5.32 Å². The highest BCUT2D eigenvalue weighted by Gasteiger charge is 2.27. The Balaban J connectivity index is 2.05. The third kappa shape index (κ3) is 2.55. The number of carbonyl (C=O) groups is 1. The van der Waals surface area contributed by atoms with Crippen LogP contribution in [-0.4, -0.2) is 47.6 Å². The Kier molecular flexibility index (Phi) is 3.58. The average molecular weight is 235 g/mol. The van der Waals surface area contributed by atoms with Gasteiger partial charge >= 0.3 is 0 Å². The number of aromatic nitrogens is 1. The van der Waals surface area contributed by atoms with Crippen molar-refractivity contribution in [3.05, 3.63) is 24.0 Å². The molecule has 17 heavy (non-hydrogen) atoms. The number of hydrogen-bond donors (Lipinski definition) is 2. The summed E-state index contributed by atoms with van der Waals surface area (Å²) in [6.07, 6.45) is 3.83. The lowest BCUT2D eigenvalue weighted by Crippen LogP contribution is -2.30. The number of aromatic hydroxyl groups is 1. The molecule has 1 atom stereocenters. The number of carbonyl (C=O) groups excluding carboxylic acids is 1. The van der Waals surface area contributed by atoms with Crippen molar-refractivity contribution in [3.8, 4) is 5.75 Å². The summed E-state index contributed by atoms with van der Waals surface area (Å²) < 4.78 is 0. The lowest BCUT2D eigenvalue weighted by Gasteiger charge is -2.17. The third-order valence-corrected chi connectivity index (χ3v) is 3.10. The van der Waals surface area contributed by atoms with Gasteiger partial charge < -0.3 is 15.3 Å². The van der Waals surface area contributed by atoms with E-state index in [0.29, 0.717) is 11.5 Å². The summed E-state index contributed by atoms with van der Waals surface area (Å²) in [5.74, 6) is 0.353. The third-order valence-electron chi connectivity index (χ3n) is 3.10. The van der Waals surface area contributed by atoms with E-state index in [1.54, 1.807) is 11.0 Å². The van der Waals surface area contributed by atoms with Crippen molar-refractivity contribution in [2.24, 2.45) is 5.92 Å². The topological polar surface area (TPSA) is 65.5 Å². The fourth-order valence-corrected chi connectivity index (χ4v) is 2.21. The first-order valence-corrected chi connectivity index (χ1v) is 5.79. The molecule has 1 saturated heterocycles. The first-order valence-electron chi connectivity index (χ1n) is 5.79. The number of amides is 1. The molecule has 1 aliphatic rings. The molecule has 1 fully saturated rings. The fraction of sp³-hybridized carbons (Fsp3) is 0.500. The van der Waals surface area contributed by atoms with E-state index in [9.17, 15) is 9.90 Å². The Morgan fingerprint density at radius 3 is 3.24 bits per heavy atom. The minimum Gasteiger partial charge on any atom is -0.505 e. The Morgan fingerprint density at radius 1 is 1.71 bits per heavy atom. The number of nitrogens with zero attached hydrogens (tertiary/aromatic N) is 2. The van der Waals surface area contributed by atoms with Gasteiger partial charge in [-0.15, -0.1) is 0 Å². The molecule has 0 spiro atoms. The van der Waals surface area contributed by atoms with E-state index < -0.39 is 0 Å². The van der Waals surface area contributed by atoms with E-state index in [2.05, 4.69) is 10.3 Å². The van der Waals surface area contributed by atoms with Gasteiger partial charge in [0.25, 0.3) is 5.91 Å². The van der Waals surface area contributed by atoms with Crippen molar-refractivity contribution in [1.29, 1.82) is 0 Å². The highest BCUT2D eigenvalue weighted by molar-refractivity contribution is 5.96. The molecule has 5 heteroatoms. The first-order chi connectivity index (χ1) is 8.22. The lowest BCUT2D eigenvalue weighted by atomic mass is 10.1. The Bertz CT molecular complexity index is 408. The van der Waals surface area contributed by atoms with Crippen LogP contribution in [0.2, 0.25) is 0 Å². The standard InChI is InChI=1S/C12H17N3O2/c1-13-6-9-3-5-15(8-9)12(17)10-2-4-14-7-11(10)16/h2,4,7,9,13,16H,3,5-6,8H2,1H3. The van der Waals surface area contributed by atoms with Gasteiger partial charge in [-0.05, 0) is 32.0 Å². The molecule has 0 bridgehead atoms. The van der Waals surface area contributed by atoms with Crippen LogP contribution in [0.3, 0.4) is 0 Å². The average Bonchev–Trinajstić information content (AvgIpc) is 2.78. The molecule has 0 radical (unpaired) electrons. The summed E-state index contributed by atoms with van der Waals surface area (Å²) in [6.45, 7) is 2.43. The largest absolute Gasteiger partial charge is 0.505 e. The van der Waals surface area contributed by atoms with Gasteiger partial charge in [-0.1, -0.05) is 0 Å².